The molecule has 10 heavy (non-hydrogen) atoms. The molecule has 2 aliphatic rings. The van der Waals surface area contributed by atoms with Crippen molar-refractivity contribution in [2.24, 2.45) is 4.99 Å². The number of nitrogens with one attached hydrogen (secondary N) is 1. The molecule has 2 heterocycles. The highest BCUT2D eigenvalue weighted by Gasteiger charge is 2.27. The number of hydrogen-bond acceptors (Lipinski definition) is 2. The maximum atomic E-state index is 4.21. The highest BCUT2D eigenvalue weighted by atomic mass is 15.1. The number of aliphatic imine (C=N–C) groups is 1. The third-order valence-corrected chi connectivity index (χ3v) is 2.01. The van der Waals surface area contributed by atoms with E-state index in [4.69, 9.17) is 0 Å². The van der Waals surface area contributed by atoms with Crippen molar-refractivity contribution in [1.82, 2.24) is 10.2 Å². The second-order valence-corrected chi connectivity index (χ2v) is 2.57. The van der Waals surface area contributed by atoms with Gasteiger partial charge in [0.05, 0.1) is 17.6 Å². The van der Waals surface area contributed by atoms with Crippen LogP contribution in [0, 0.1) is 0 Å². The SMILES string of the molecule is C1=C2CC(=N1)c1cn[nH]c12. The molecule has 0 saturated carbocycles. The molecule has 1 aliphatic heterocycles. The second-order valence-electron chi connectivity index (χ2n) is 2.57. The lowest BCUT2D eigenvalue weighted by Gasteiger charge is -1.91. The molecular formula is C7H5N3. The molecule has 1 aromatic heterocycles. The molecule has 1 aromatic rings. The number of fused-ring (bicyclic) bond motifs is 5. The lowest BCUT2D eigenvalue weighted by atomic mass is 10.2. The van der Waals surface area contributed by atoms with E-state index in [2.05, 4.69) is 15.2 Å². The van der Waals surface area contributed by atoms with Gasteiger partial charge in [0.1, 0.15) is 0 Å². The van der Waals surface area contributed by atoms with Crippen molar-refractivity contribution in [3.05, 3.63) is 23.7 Å². The zero-order chi connectivity index (χ0) is 6.55. The van der Waals surface area contributed by atoms with Crippen LogP contribution in [0.3, 0.4) is 0 Å². The maximum Gasteiger partial charge on any atom is 0.0720 e. The molecule has 0 radical (unpaired) electrons. The maximum absolute atomic E-state index is 4.21. The van der Waals surface area contributed by atoms with Gasteiger partial charge in [-0.2, -0.15) is 5.10 Å². The number of allylic oxidation sites excluding steroid dienone is 1. The summed E-state index contributed by atoms with van der Waals surface area (Å²) in [5.74, 6) is 0. The van der Waals surface area contributed by atoms with Crippen molar-refractivity contribution in [2.45, 2.75) is 6.42 Å². The van der Waals surface area contributed by atoms with Crippen LogP contribution < -0.4 is 0 Å². The van der Waals surface area contributed by atoms with Gasteiger partial charge in [0, 0.05) is 23.8 Å². The number of aromatic nitrogens is 2. The average Bonchev–Trinajstić information content (AvgIpc) is 2.60. The summed E-state index contributed by atoms with van der Waals surface area (Å²) in [4.78, 5) is 4.21. The molecule has 2 bridgehead atoms. The molecule has 3 rings (SSSR count). The summed E-state index contributed by atoms with van der Waals surface area (Å²) in [6, 6.07) is 0. The molecule has 0 aromatic carbocycles. The minimum atomic E-state index is 1.00. The average molecular weight is 131 g/mol. The molecule has 0 fully saturated rings. The second kappa shape index (κ2) is 1.21. The van der Waals surface area contributed by atoms with Crippen LogP contribution in [0.2, 0.25) is 0 Å². The van der Waals surface area contributed by atoms with Crippen molar-refractivity contribution in [3.63, 3.8) is 0 Å². The third kappa shape index (κ3) is 0.319. The van der Waals surface area contributed by atoms with E-state index in [0.717, 1.165) is 6.42 Å². The van der Waals surface area contributed by atoms with Crippen LogP contribution in [0.25, 0.3) is 5.57 Å². The van der Waals surface area contributed by atoms with Gasteiger partial charge in [-0.25, -0.2) is 0 Å². The highest BCUT2D eigenvalue weighted by molar-refractivity contribution is 6.16. The Kier molecular flexibility index (Phi) is 0.537. The molecule has 0 unspecified atom stereocenters. The quantitative estimate of drug-likeness (QED) is 0.559. The summed E-state index contributed by atoms with van der Waals surface area (Å²) in [7, 11) is 0. The van der Waals surface area contributed by atoms with Gasteiger partial charge in [0.15, 0.2) is 0 Å². The van der Waals surface area contributed by atoms with Crippen molar-refractivity contribution in [2.75, 3.05) is 0 Å². The highest BCUT2D eigenvalue weighted by Crippen LogP contribution is 2.34. The summed E-state index contributed by atoms with van der Waals surface area (Å²) in [5.41, 5.74) is 4.81. The molecule has 0 atom stereocenters. The fourth-order valence-corrected chi connectivity index (χ4v) is 1.49. The van der Waals surface area contributed by atoms with E-state index in [1.807, 2.05) is 12.4 Å². The summed E-state index contributed by atoms with van der Waals surface area (Å²) in [6.07, 6.45) is 4.76. The molecule has 0 amide bonds. The molecule has 48 valence electrons. The van der Waals surface area contributed by atoms with Crippen molar-refractivity contribution in [3.8, 4) is 0 Å². The Bertz CT molecular complexity index is 324. The number of aromatic amines is 1. The Morgan fingerprint density at radius 2 is 2.50 bits per heavy atom. The topological polar surface area (TPSA) is 41.0 Å². The van der Waals surface area contributed by atoms with Crippen LogP contribution in [0.4, 0.5) is 0 Å². The van der Waals surface area contributed by atoms with E-state index >= 15 is 0 Å². The smallest absolute Gasteiger partial charge is 0.0720 e. The third-order valence-electron chi connectivity index (χ3n) is 2.01. The number of rotatable bonds is 0. The fourth-order valence-electron chi connectivity index (χ4n) is 1.49. The Balaban J connectivity index is 2.46. The summed E-state index contributed by atoms with van der Waals surface area (Å²) < 4.78 is 0. The molecule has 0 spiro atoms. The van der Waals surface area contributed by atoms with Crippen LogP contribution in [0.5, 0.6) is 0 Å². The van der Waals surface area contributed by atoms with E-state index in [1.165, 1.54) is 22.5 Å². The first-order chi connectivity index (χ1) is 4.95. The van der Waals surface area contributed by atoms with Crippen LogP contribution in [0.15, 0.2) is 17.4 Å². The van der Waals surface area contributed by atoms with Gasteiger partial charge in [-0.15, -0.1) is 0 Å². The number of nitrogens with zero attached hydrogens (tertiary/aromatic N) is 2. The largest absolute Gasteiger partial charge is 0.277 e. The van der Waals surface area contributed by atoms with Crippen LogP contribution in [-0.4, -0.2) is 15.9 Å². The van der Waals surface area contributed by atoms with E-state index < -0.39 is 0 Å². The molecule has 1 N–H and O–H groups in total. The Labute approximate surface area is 57.5 Å². The molecule has 3 nitrogen and oxygen atoms in total. The zero-order valence-electron chi connectivity index (χ0n) is 5.26. The standard InChI is InChI=1S/C7H5N3/c1-4-2-8-6(1)5-3-9-10-7(4)5/h2-3H,1H2,(H,9,10). The van der Waals surface area contributed by atoms with Gasteiger partial charge in [0.2, 0.25) is 0 Å². The predicted octanol–water partition coefficient (Wildman–Crippen LogP) is 0.957. The number of H-pyrrole nitrogens is 1. The first kappa shape index (κ1) is 4.44. The number of hydrogen-bond donors (Lipinski definition) is 1. The van der Waals surface area contributed by atoms with Gasteiger partial charge in [0.25, 0.3) is 0 Å². The minimum absolute atomic E-state index is 1.00. The van der Waals surface area contributed by atoms with Gasteiger partial charge in [-0.1, -0.05) is 0 Å². The Morgan fingerprint density at radius 3 is 3.40 bits per heavy atom. The normalized spacial score (nSPS) is 18.8. The Hall–Kier alpha value is -1.38. The molecule has 1 aliphatic carbocycles. The zero-order valence-corrected chi connectivity index (χ0v) is 5.26. The lowest BCUT2D eigenvalue weighted by Crippen LogP contribution is -1.88. The van der Waals surface area contributed by atoms with Gasteiger partial charge >= 0.3 is 0 Å². The van der Waals surface area contributed by atoms with E-state index in [1.54, 1.807) is 0 Å². The van der Waals surface area contributed by atoms with Gasteiger partial charge in [-0.3, -0.25) is 10.1 Å². The van der Waals surface area contributed by atoms with Gasteiger partial charge in [-0.05, 0) is 0 Å². The Morgan fingerprint density at radius 1 is 1.50 bits per heavy atom. The summed E-state index contributed by atoms with van der Waals surface area (Å²) in [5, 5.41) is 6.89. The van der Waals surface area contributed by atoms with E-state index in [9.17, 15) is 0 Å². The molecule has 0 saturated heterocycles. The van der Waals surface area contributed by atoms with Crippen LogP contribution in [0.1, 0.15) is 17.7 Å². The predicted molar refractivity (Wildman–Crippen MR) is 37.7 cm³/mol. The summed E-state index contributed by atoms with van der Waals surface area (Å²) in [6.45, 7) is 0. The first-order valence-corrected chi connectivity index (χ1v) is 3.25. The van der Waals surface area contributed by atoms with Crippen molar-refractivity contribution < 1.29 is 0 Å². The minimum Gasteiger partial charge on any atom is -0.277 e. The lowest BCUT2D eigenvalue weighted by molar-refractivity contribution is 1.07. The first-order valence-electron chi connectivity index (χ1n) is 3.25. The van der Waals surface area contributed by atoms with E-state index in [-0.39, 0.29) is 0 Å². The molecule has 3 heteroatoms. The fraction of sp³-hybridized carbons (Fsp3) is 0.143. The monoisotopic (exact) mass is 131 g/mol. The van der Waals surface area contributed by atoms with Crippen molar-refractivity contribution in [1.29, 1.82) is 0 Å². The van der Waals surface area contributed by atoms with Gasteiger partial charge < -0.3 is 0 Å². The molecular weight excluding hydrogens is 126 g/mol. The van der Waals surface area contributed by atoms with E-state index in [0.29, 0.717) is 0 Å². The van der Waals surface area contributed by atoms with Crippen molar-refractivity contribution >= 4 is 11.3 Å². The van der Waals surface area contributed by atoms with Crippen LogP contribution in [-0.2, 0) is 0 Å². The van der Waals surface area contributed by atoms with Crippen LogP contribution >= 0.6 is 0 Å². The summed E-state index contributed by atoms with van der Waals surface area (Å²) >= 11 is 0.